The van der Waals surface area contributed by atoms with Crippen LogP contribution in [0, 0.1) is 23.7 Å². The Hall–Kier alpha value is -1.40. The van der Waals surface area contributed by atoms with E-state index in [1.807, 2.05) is 39.8 Å². The van der Waals surface area contributed by atoms with Crippen molar-refractivity contribution in [3.63, 3.8) is 0 Å². The number of fused-ring (bicyclic) bond motifs is 2. The van der Waals surface area contributed by atoms with E-state index in [-0.39, 0.29) is 29.9 Å². The number of hydroxylamine groups is 2. The molecule has 1 saturated carbocycles. The number of rotatable bonds is 3. The Bertz CT molecular complexity index is 579. The molecule has 0 radical (unpaired) electrons. The SMILES string of the molecule is COC(=O)[C@@H]1[C@H](C(=O)OC2CC(C)(C)N(O)C(C)(C)C2)[C@@H]2C=C[C@H]1C2. The fourth-order valence-electron chi connectivity index (χ4n) is 5.11. The standard InChI is InChI=1S/C19H29NO5/c1-18(2)9-13(10-19(3,4)20(18)23)25-17(22)15-12-7-6-11(8-12)14(15)16(21)24-5/h6-7,11-15,23H,8-10H2,1-5H3/t11-,12+,14-,15+/m0/s1. The van der Waals surface area contributed by atoms with Gasteiger partial charge in [0.1, 0.15) is 6.10 Å². The molecule has 25 heavy (non-hydrogen) atoms. The molecule has 0 spiro atoms. The van der Waals surface area contributed by atoms with Crippen molar-refractivity contribution in [1.29, 1.82) is 0 Å². The zero-order valence-corrected chi connectivity index (χ0v) is 15.7. The third-order valence-electron chi connectivity index (χ3n) is 6.09. The van der Waals surface area contributed by atoms with E-state index in [4.69, 9.17) is 9.47 Å². The van der Waals surface area contributed by atoms with Crippen LogP contribution in [0.1, 0.15) is 47.0 Å². The molecule has 2 bridgehead atoms. The van der Waals surface area contributed by atoms with Crippen molar-refractivity contribution in [2.24, 2.45) is 23.7 Å². The van der Waals surface area contributed by atoms with Gasteiger partial charge in [0.2, 0.25) is 0 Å². The normalized spacial score (nSPS) is 36.4. The number of allylic oxidation sites excluding steroid dienone is 2. The van der Waals surface area contributed by atoms with E-state index in [9.17, 15) is 14.8 Å². The van der Waals surface area contributed by atoms with Crippen LogP contribution < -0.4 is 0 Å². The van der Waals surface area contributed by atoms with Gasteiger partial charge in [-0.3, -0.25) is 9.59 Å². The lowest BCUT2D eigenvalue weighted by Gasteiger charge is -2.51. The second-order valence-electron chi connectivity index (χ2n) is 8.93. The zero-order valence-electron chi connectivity index (χ0n) is 15.7. The monoisotopic (exact) mass is 351 g/mol. The first-order chi connectivity index (χ1) is 11.6. The molecule has 3 aliphatic rings. The summed E-state index contributed by atoms with van der Waals surface area (Å²) in [5.74, 6) is -1.41. The van der Waals surface area contributed by atoms with Crippen LogP contribution in [0.4, 0.5) is 0 Å². The molecule has 6 nitrogen and oxygen atoms in total. The molecule has 1 aliphatic heterocycles. The Kier molecular flexibility index (Phi) is 4.48. The topological polar surface area (TPSA) is 76.1 Å². The van der Waals surface area contributed by atoms with Gasteiger partial charge in [0.25, 0.3) is 0 Å². The van der Waals surface area contributed by atoms with Crippen LogP contribution >= 0.6 is 0 Å². The minimum absolute atomic E-state index is 0.0561. The van der Waals surface area contributed by atoms with Gasteiger partial charge in [0.05, 0.1) is 18.9 Å². The van der Waals surface area contributed by atoms with Crippen molar-refractivity contribution in [3.05, 3.63) is 12.2 Å². The molecule has 1 heterocycles. The van der Waals surface area contributed by atoms with Gasteiger partial charge < -0.3 is 14.7 Å². The first-order valence-corrected chi connectivity index (χ1v) is 9.03. The highest BCUT2D eigenvalue weighted by Gasteiger charge is 2.54. The van der Waals surface area contributed by atoms with Crippen LogP contribution in [0.3, 0.4) is 0 Å². The Labute approximate surface area is 149 Å². The minimum atomic E-state index is -0.483. The summed E-state index contributed by atoms with van der Waals surface area (Å²) in [5, 5.41) is 11.7. The van der Waals surface area contributed by atoms with Crippen LogP contribution in [0.25, 0.3) is 0 Å². The molecule has 0 aromatic rings. The third kappa shape index (κ3) is 3.10. The maximum Gasteiger partial charge on any atom is 0.310 e. The largest absolute Gasteiger partial charge is 0.469 e. The summed E-state index contributed by atoms with van der Waals surface area (Å²) in [7, 11) is 1.36. The number of hydrogen-bond acceptors (Lipinski definition) is 6. The van der Waals surface area contributed by atoms with Crippen LogP contribution in [-0.4, -0.2) is 46.5 Å². The van der Waals surface area contributed by atoms with Crippen molar-refractivity contribution in [1.82, 2.24) is 5.06 Å². The number of nitrogens with zero attached hydrogens (tertiary/aromatic N) is 1. The summed E-state index contributed by atoms with van der Waals surface area (Å²) >= 11 is 0. The maximum atomic E-state index is 12.9. The van der Waals surface area contributed by atoms with Crippen molar-refractivity contribution in [3.8, 4) is 0 Å². The first kappa shape index (κ1) is 18.4. The number of esters is 2. The number of hydrogen-bond donors (Lipinski definition) is 1. The number of carbonyl (C=O) groups excluding carboxylic acids is 2. The highest BCUT2D eigenvalue weighted by Crippen LogP contribution is 2.49. The molecule has 1 N–H and O–H groups in total. The van der Waals surface area contributed by atoms with Gasteiger partial charge in [-0.25, -0.2) is 0 Å². The quantitative estimate of drug-likeness (QED) is 0.622. The van der Waals surface area contributed by atoms with Crippen molar-refractivity contribution < 1.29 is 24.3 Å². The van der Waals surface area contributed by atoms with E-state index in [2.05, 4.69) is 0 Å². The number of carbonyl (C=O) groups is 2. The highest BCUT2D eigenvalue weighted by molar-refractivity contribution is 5.84. The minimum Gasteiger partial charge on any atom is -0.469 e. The molecule has 3 rings (SSSR count). The van der Waals surface area contributed by atoms with Crippen molar-refractivity contribution in [2.45, 2.75) is 64.1 Å². The smallest absolute Gasteiger partial charge is 0.310 e. The van der Waals surface area contributed by atoms with Crippen LogP contribution in [-0.2, 0) is 19.1 Å². The number of ether oxygens (including phenoxy) is 2. The summed E-state index contributed by atoms with van der Waals surface area (Å²) < 4.78 is 10.8. The van der Waals surface area contributed by atoms with E-state index >= 15 is 0 Å². The van der Waals surface area contributed by atoms with Gasteiger partial charge in [-0.15, -0.1) is 0 Å². The molecular weight excluding hydrogens is 322 g/mol. The Morgan fingerprint density at radius 3 is 1.96 bits per heavy atom. The zero-order chi connectivity index (χ0) is 18.6. The predicted molar refractivity (Wildman–Crippen MR) is 90.6 cm³/mol. The first-order valence-electron chi connectivity index (χ1n) is 9.03. The lowest BCUT2D eigenvalue weighted by molar-refractivity contribution is -0.260. The average Bonchev–Trinajstić information content (AvgIpc) is 3.12. The summed E-state index contributed by atoms with van der Waals surface area (Å²) in [4.78, 5) is 25.1. The van der Waals surface area contributed by atoms with Crippen molar-refractivity contribution >= 4 is 11.9 Å². The van der Waals surface area contributed by atoms with Crippen molar-refractivity contribution in [2.75, 3.05) is 7.11 Å². The Morgan fingerprint density at radius 1 is 1.00 bits per heavy atom. The van der Waals surface area contributed by atoms with Gasteiger partial charge in [-0.2, -0.15) is 5.06 Å². The second kappa shape index (κ2) is 6.09. The van der Waals surface area contributed by atoms with E-state index in [0.717, 1.165) is 6.42 Å². The van der Waals surface area contributed by atoms with Crippen LogP contribution in [0.15, 0.2) is 12.2 Å². The summed E-state index contributed by atoms with van der Waals surface area (Å²) in [6, 6.07) is 0. The van der Waals surface area contributed by atoms with E-state index in [0.29, 0.717) is 12.8 Å². The van der Waals surface area contributed by atoms with E-state index in [1.165, 1.54) is 12.2 Å². The molecule has 0 unspecified atom stereocenters. The number of piperidine rings is 1. The molecule has 4 atom stereocenters. The summed E-state index contributed by atoms with van der Waals surface area (Å²) in [5.41, 5.74) is -0.966. The molecule has 2 fully saturated rings. The lowest BCUT2D eigenvalue weighted by atomic mass is 9.79. The van der Waals surface area contributed by atoms with Gasteiger partial charge in [0, 0.05) is 23.9 Å². The fourth-order valence-corrected chi connectivity index (χ4v) is 5.11. The highest BCUT2D eigenvalue weighted by atomic mass is 16.6. The number of methoxy groups -OCH3 is 1. The fraction of sp³-hybridized carbons (Fsp3) is 0.789. The molecule has 0 amide bonds. The lowest BCUT2D eigenvalue weighted by Crippen LogP contribution is -2.60. The molecule has 6 heteroatoms. The van der Waals surface area contributed by atoms with Crippen LogP contribution in [0.2, 0.25) is 0 Å². The van der Waals surface area contributed by atoms with Gasteiger partial charge in [-0.05, 0) is 46.0 Å². The van der Waals surface area contributed by atoms with Gasteiger partial charge in [-0.1, -0.05) is 12.2 Å². The summed E-state index contributed by atoms with van der Waals surface area (Å²) in [6.45, 7) is 7.75. The second-order valence-corrected chi connectivity index (χ2v) is 8.93. The van der Waals surface area contributed by atoms with E-state index in [1.54, 1.807) is 0 Å². The third-order valence-corrected chi connectivity index (χ3v) is 6.09. The molecular formula is C19H29NO5. The van der Waals surface area contributed by atoms with Gasteiger partial charge >= 0.3 is 11.9 Å². The molecule has 1 saturated heterocycles. The molecule has 2 aliphatic carbocycles. The predicted octanol–water partition coefficient (Wildman–Crippen LogP) is 2.55. The maximum absolute atomic E-state index is 12.9. The molecule has 140 valence electrons. The Morgan fingerprint density at radius 2 is 1.48 bits per heavy atom. The Balaban J connectivity index is 1.74. The van der Waals surface area contributed by atoms with Gasteiger partial charge in [0.15, 0.2) is 0 Å². The van der Waals surface area contributed by atoms with E-state index < -0.39 is 22.9 Å². The molecule has 0 aromatic heterocycles. The summed E-state index contributed by atoms with van der Waals surface area (Å²) in [6.07, 6.45) is 5.69. The molecule has 0 aromatic carbocycles. The average molecular weight is 351 g/mol. The van der Waals surface area contributed by atoms with Crippen LogP contribution in [0.5, 0.6) is 0 Å².